The Bertz CT molecular complexity index is 1260. The lowest BCUT2D eigenvalue weighted by Crippen LogP contribution is -2.65. The first-order valence-electron chi connectivity index (χ1n) is 18.6. The van der Waals surface area contributed by atoms with Gasteiger partial charge in [0.1, 0.15) is 84.8 Å². The highest BCUT2D eigenvalue weighted by molar-refractivity contribution is 7.89. The van der Waals surface area contributed by atoms with Crippen LogP contribution in [0.3, 0.4) is 0 Å². The monoisotopic (exact) mass is 821 g/mol. The first-order chi connectivity index (χ1) is 26.0. The Kier molecular flexibility index (Phi) is 20.3. The van der Waals surface area contributed by atoms with Crippen molar-refractivity contribution >= 4 is 21.6 Å². The zero-order valence-electron chi connectivity index (χ0n) is 30.7. The smallest absolute Gasteiger partial charge is 0.212 e. The van der Waals surface area contributed by atoms with Crippen molar-refractivity contribution in [2.24, 2.45) is 0 Å². The Morgan fingerprint density at radius 2 is 1.15 bits per heavy atom. The third-order valence-electron chi connectivity index (χ3n) is 9.57. The molecule has 3 heterocycles. The molecule has 3 aliphatic heterocycles. The average molecular weight is 822 g/mol. The van der Waals surface area contributed by atoms with Crippen LogP contribution in [0.25, 0.3) is 0 Å². The first kappa shape index (κ1) is 48.0. The summed E-state index contributed by atoms with van der Waals surface area (Å²) < 4.78 is 60.3. The molecule has 0 unspecified atom stereocenters. The molecular weight excluding hydrogens is 762 g/mol. The van der Waals surface area contributed by atoms with E-state index in [2.05, 4.69) is 4.72 Å². The minimum absolute atomic E-state index is 0.0441. The lowest BCUT2D eigenvalue weighted by atomic mass is 9.96. The molecule has 322 valence electrons. The molecule has 0 amide bonds. The van der Waals surface area contributed by atoms with E-state index in [1.165, 1.54) is 0 Å². The number of carbonyl (C=O) groups is 2. The zero-order valence-corrected chi connectivity index (χ0v) is 31.5. The van der Waals surface area contributed by atoms with Crippen molar-refractivity contribution in [3.8, 4) is 0 Å². The molecule has 11 N–H and O–H groups in total. The fraction of sp³-hybridized carbons (Fsp3) is 0.939. The Labute approximate surface area is 319 Å². The number of aliphatic hydroxyl groups is 10. The molecule has 3 aliphatic rings. The minimum atomic E-state index is -3.72. The van der Waals surface area contributed by atoms with E-state index in [0.29, 0.717) is 32.1 Å². The van der Waals surface area contributed by atoms with Crippen molar-refractivity contribution < 1.29 is 97.5 Å². The molecule has 3 saturated heterocycles. The molecule has 0 radical (unpaired) electrons. The highest BCUT2D eigenvalue weighted by atomic mass is 32.2. The van der Waals surface area contributed by atoms with Gasteiger partial charge in [-0.05, 0) is 25.7 Å². The van der Waals surface area contributed by atoms with Gasteiger partial charge in [-0.15, -0.1) is 0 Å². The maximum atomic E-state index is 12.5. The Morgan fingerprint density at radius 1 is 0.600 bits per heavy atom. The first-order valence-corrected chi connectivity index (χ1v) is 20.2. The van der Waals surface area contributed by atoms with E-state index in [-0.39, 0.29) is 38.2 Å². The van der Waals surface area contributed by atoms with Crippen LogP contribution in [-0.4, -0.2) is 202 Å². The van der Waals surface area contributed by atoms with Crippen LogP contribution in [-0.2, 0) is 48.0 Å². The van der Waals surface area contributed by atoms with Crippen molar-refractivity contribution in [3.05, 3.63) is 0 Å². The quantitative estimate of drug-likeness (QED) is 0.0406. The van der Waals surface area contributed by atoms with E-state index in [9.17, 15) is 69.1 Å². The highest BCUT2D eigenvalue weighted by Gasteiger charge is 2.52. The number of carbonyl (C=O) groups excluding carboxylic acids is 2. The predicted molar refractivity (Wildman–Crippen MR) is 184 cm³/mol. The van der Waals surface area contributed by atoms with Crippen LogP contribution in [0.2, 0.25) is 0 Å². The maximum absolute atomic E-state index is 12.5. The molecule has 0 bridgehead atoms. The molecule has 3 rings (SSSR count). The second-order valence-electron chi connectivity index (χ2n) is 13.9. The van der Waals surface area contributed by atoms with E-state index in [1.54, 1.807) is 0 Å². The second kappa shape index (κ2) is 23.3. The SMILES string of the molecule is CCCC(=O)CCCCCNS(=O)(=O)CCC(=O)CCCO[C@@H]1O[C@H](CO[C@H]2O[C@H](CO)[C@@H](O)[C@H](O)[C@@H]2O)[C@@H](O)[C@H](O[C@H]2O[C@H](CO)[C@@H](O)[C@H](O)[C@@H]2O)[C@@H]1O. The third-order valence-corrected chi connectivity index (χ3v) is 11.0. The van der Waals surface area contributed by atoms with Crippen molar-refractivity contribution in [2.45, 2.75) is 157 Å². The van der Waals surface area contributed by atoms with Crippen LogP contribution in [0.1, 0.15) is 64.7 Å². The summed E-state index contributed by atoms with van der Waals surface area (Å²) in [5.41, 5.74) is 0. The van der Waals surface area contributed by atoms with Crippen LogP contribution in [0.5, 0.6) is 0 Å². The summed E-state index contributed by atoms with van der Waals surface area (Å²) in [7, 11) is -3.72. The van der Waals surface area contributed by atoms with Gasteiger partial charge in [-0.3, -0.25) is 9.59 Å². The molecule has 15 atom stereocenters. The number of ether oxygens (including phenoxy) is 6. The molecule has 0 saturated carbocycles. The summed E-state index contributed by atoms with van der Waals surface area (Å²) >= 11 is 0. The molecule has 22 heteroatoms. The molecule has 0 aromatic carbocycles. The van der Waals surface area contributed by atoms with Crippen LogP contribution in [0, 0.1) is 0 Å². The van der Waals surface area contributed by atoms with Crippen LogP contribution in [0.15, 0.2) is 0 Å². The fourth-order valence-electron chi connectivity index (χ4n) is 6.24. The number of unbranched alkanes of at least 4 members (excludes halogenated alkanes) is 2. The van der Waals surface area contributed by atoms with Crippen LogP contribution >= 0.6 is 0 Å². The average Bonchev–Trinajstić information content (AvgIpc) is 3.15. The van der Waals surface area contributed by atoms with E-state index in [0.717, 1.165) is 6.42 Å². The van der Waals surface area contributed by atoms with E-state index < -0.39 is 133 Å². The van der Waals surface area contributed by atoms with Crippen LogP contribution < -0.4 is 4.72 Å². The number of sulfonamides is 1. The number of hydrogen-bond acceptors (Lipinski definition) is 20. The van der Waals surface area contributed by atoms with Gasteiger partial charge in [-0.25, -0.2) is 13.1 Å². The number of nitrogens with one attached hydrogen (secondary N) is 1. The van der Waals surface area contributed by atoms with Gasteiger partial charge < -0.3 is 79.5 Å². The molecule has 0 aliphatic carbocycles. The number of aliphatic hydroxyl groups excluding tert-OH is 10. The van der Waals surface area contributed by atoms with Gasteiger partial charge in [0, 0.05) is 32.2 Å². The Morgan fingerprint density at radius 3 is 1.76 bits per heavy atom. The highest BCUT2D eigenvalue weighted by Crippen LogP contribution is 2.31. The number of hydrogen-bond donors (Lipinski definition) is 11. The molecule has 0 aromatic heterocycles. The van der Waals surface area contributed by atoms with Gasteiger partial charge >= 0.3 is 0 Å². The molecule has 0 spiro atoms. The van der Waals surface area contributed by atoms with E-state index >= 15 is 0 Å². The van der Waals surface area contributed by atoms with Crippen molar-refractivity contribution in [1.29, 1.82) is 0 Å². The number of Topliss-reactive ketones (excluding diaryl/α,β-unsaturated/α-hetero) is 2. The van der Waals surface area contributed by atoms with Gasteiger partial charge in [-0.2, -0.15) is 0 Å². The summed E-state index contributed by atoms with van der Waals surface area (Å²) in [6.45, 7) is -0.317. The van der Waals surface area contributed by atoms with Crippen molar-refractivity contribution in [2.75, 3.05) is 38.7 Å². The standard InChI is InChI=1S/C33H59NO20S/c1-2-7-17(37)8-4-3-5-11-34-55(47,48)13-10-18(38)9-6-12-49-32-29(46)30(54-33-28(45)26(43)23(40)20(15-36)52-33)24(41)21(53-32)16-50-31-27(44)25(42)22(39)19(14-35)51-31/h19-36,39-46H,2-16H2,1H3/t19-,20-,21-,22-,23-,24-,25+,26+,27+,28+,29+,30+,31+,32-,33-/m1/s1. The Hall–Kier alpha value is -1.39. The largest absolute Gasteiger partial charge is 0.394 e. The summed E-state index contributed by atoms with van der Waals surface area (Å²) in [6.07, 6.45) is -22.1. The normalized spacial score (nSPS) is 37.2. The topological polar surface area (TPSA) is 338 Å². The molecule has 21 nitrogen and oxygen atoms in total. The molecule has 3 fully saturated rings. The Balaban J connectivity index is 1.55. The number of rotatable bonds is 24. The summed E-state index contributed by atoms with van der Waals surface area (Å²) in [4.78, 5) is 24.1. The number of ketones is 2. The minimum Gasteiger partial charge on any atom is -0.394 e. The summed E-state index contributed by atoms with van der Waals surface area (Å²) in [6, 6.07) is 0. The second-order valence-corrected chi connectivity index (χ2v) is 15.9. The third kappa shape index (κ3) is 14.1. The molecule has 0 aromatic rings. The van der Waals surface area contributed by atoms with E-state index in [4.69, 9.17) is 28.4 Å². The lowest BCUT2D eigenvalue weighted by molar-refractivity contribution is -0.366. The van der Waals surface area contributed by atoms with Gasteiger partial charge in [0.05, 0.1) is 32.2 Å². The zero-order chi connectivity index (χ0) is 40.9. The summed E-state index contributed by atoms with van der Waals surface area (Å²) in [5, 5.41) is 103. The van der Waals surface area contributed by atoms with Gasteiger partial charge in [0.25, 0.3) is 0 Å². The van der Waals surface area contributed by atoms with E-state index in [1.807, 2.05) is 6.92 Å². The fourth-order valence-corrected chi connectivity index (χ4v) is 7.33. The molecule has 55 heavy (non-hydrogen) atoms. The van der Waals surface area contributed by atoms with Crippen molar-refractivity contribution in [3.63, 3.8) is 0 Å². The summed E-state index contributed by atoms with van der Waals surface area (Å²) in [5.74, 6) is -0.641. The predicted octanol–water partition coefficient (Wildman–Crippen LogP) is -4.96. The van der Waals surface area contributed by atoms with Crippen molar-refractivity contribution in [1.82, 2.24) is 4.72 Å². The lowest BCUT2D eigenvalue weighted by Gasteiger charge is -2.46. The van der Waals surface area contributed by atoms with Gasteiger partial charge in [-0.1, -0.05) is 13.3 Å². The maximum Gasteiger partial charge on any atom is 0.212 e. The molecular formula is C33H59NO20S. The van der Waals surface area contributed by atoms with Gasteiger partial charge in [0.15, 0.2) is 18.9 Å². The van der Waals surface area contributed by atoms with Gasteiger partial charge in [0.2, 0.25) is 10.0 Å². The van der Waals surface area contributed by atoms with Crippen LogP contribution in [0.4, 0.5) is 0 Å².